The van der Waals surface area contributed by atoms with Crippen molar-refractivity contribution in [2.75, 3.05) is 31.0 Å². The SMILES string of the molecule is CCOP1Oc2ccccc2N1CN(CC)CC. The molecule has 5 heteroatoms. The molecule has 0 spiro atoms. The molecule has 1 atom stereocenters. The van der Waals surface area contributed by atoms with Gasteiger partial charge in [0.25, 0.3) is 0 Å². The monoisotopic (exact) mass is 268 g/mol. The van der Waals surface area contributed by atoms with Gasteiger partial charge in [0.15, 0.2) is 5.75 Å². The Bertz CT molecular complexity index is 385. The molecule has 0 aromatic heterocycles. The lowest BCUT2D eigenvalue weighted by Gasteiger charge is -2.28. The molecule has 0 bridgehead atoms. The highest BCUT2D eigenvalue weighted by Crippen LogP contribution is 2.56. The van der Waals surface area contributed by atoms with Gasteiger partial charge in [-0.05, 0) is 32.1 Å². The fraction of sp³-hybridized carbons (Fsp3) is 0.538. The number of fused-ring (bicyclic) bond motifs is 1. The van der Waals surface area contributed by atoms with E-state index in [0.717, 1.165) is 31.2 Å². The van der Waals surface area contributed by atoms with Gasteiger partial charge >= 0.3 is 8.53 Å². The quantitative estimate of drug-likeness (QED) is 0.738. The molecule has 1 aromatic rings. The van der Waals surface area contributed by atoms with Crippen LogP contribution in [0.1, 0.15) is 20.8 Å². The summed E-state index contributed by atoms with van der Waals surface area (Å²) in [4.78, 5) is 2.36. The summed E-state index contributed by atoms with van der Waals surface area (Å²) in [6.45, 7) is 9.95. The molecule has 1 heterocycles. The van der Waals surface area contributed by atoms with Crippen molar-refractivity contribution < 1.29 is 9.05 Å². The van der Waals surface area contributed by atoms with Gasteiger partial charge in [-0.2, -0.15) is 0 Å². The maximum absolute atomic E-state index is 5.89. The number of rotatable bonds is 6. The van der Waals surface area contributed by atoms with Crippen LogP contribution in [0.4, 0.5) is 5.69 Å². The molecule has 1 unspecified atom stereocenters. The topological polar surface area (TPSA) is 24.9 Å². The highest BCUT2D eigenvalue weighted by molar-refractivity contribution is 7.50. The number of hydrogen-bond acceptors (Lipinski definition) is 4. The minimum absolute atomic E-state index is 0.675. The Balaban J connectivity index is 2.17. The minimum Gasteiger partial charge on any atom is -0.429 e. The van der Waals surface area contributed by atoms with Gasteiger partial charge in [0.2, 0.25) is 0 Å². The van der Waals surface area contributed by atoms with Crippen molar-refractivity contribution in [3.63, 3.8) is 0 Å². The van der Waals surface area contributed by atoms with Crippen LogP contribution in [0.15, 0.2) is 24.3 Å². The predicted molar refractivity (Wildman–Crippen MR) is 75.9 cm³/mol. The van der Waals surface area contributed by atoms with Crippen LogP contribution in [0.2, 0.25) is 0 Å². The molecule has 0 aliphatic carbocycles. The van der Waals surface area contributed by atoms with Gasteiger partial charge in [-0.1, -0.05) is 26.0 Å². The molecule has 0 fully saturated rings. The number of benzene rings is 1. The van der Waals surface area contributed by atoms with Crippen molar-refractivity contribution in [2.45, 2.75) is 20.8 Å². The fourth-order valence-electron chi connectivity index (χ4n) is 1.92. The van der Waals surface area contributed by atoms with Crippen LogP contribution in [0.25, 0.3) is 0 Å². The Morgan fingerprint density at radius 2 is 1.94 bits per heavy atom. The molecule has 0 N–H and O–H groups in total. The molecule has 1 aliphatic rings. The summed E-state index contributed by atoms with van der Waals surface area (Å²) in [5.41, 5.74) is 1.14. The third kappa shape index (κ3) is 2.77. The van der Waals surface area contributed by atoms with E-state index in [2.05, 4.69) is 29.5 Å². The normalized spacial score (nSPS) is 18.0. The Morgan fingerprint density at radius 3 is 2.61 bits per heavy atom. The second-order valence-corrected chi connectivity index (χ2v) is 5.46. The van der Waals surface area contributed by atoms with E-state index in [1.165, 1.54) is 0 Å². The van der Waals surface area contributed by atoms with Gasteiger partial charge in [-0.3, -0.25) is 9.57 Å². The van der Waals surface area contributed by atoms with E-state index in [-0.39, 0.29) is 0 Å². The maximum Gasteiger partial charge on any atom is 0.354 e. The summed E-state index contributed by atoms with van der Waals surface area (Å²) in [6, 6.07) is 8.15. The second kappa shape index (κ2) is 6.37. The van der Waals surface area contributed by atoms with E-state index >= 15 is 0 Å². The molecule has 2 rings (SSSR count). The first-order chi connectivity index (χ1) is 8.80. The predicted octanol–water partition coefficient (Wildman–Crippen LogP) is 3.45. The maximum atomic E-state index is 5.89. The van der Waals surface area contributed by atoms with Crippen molar-refractivity contribution in [2.24, 2.45) is 0 Å². The Morgan fingerprint density at radius 1 is 1.22 bits per heavy atom. The lowest BCUT2D eigenvalue weighted by molar-refractivity contribution is 0.300. The molecule has 18 heavy (non-hydrogen) atoms. The molecule has 0 radical (unpaired) electrons. The smallest absolute Gasteiger partial charge is 0.354 e. The zero-order valence-electron chi connectivity index (χ0n) is 11.3. The molecule has 0 saturated heterocycles. The van der Waals surface area contributed by atoms with Gasteiger partial charge in [0, 0.05) is 0 Å². The van der Waals surface area contributed by atoms with Crippen LogP contribution in [0.3, 0.4) is 0 Å². The lowest BCUT2D eigenvalue weighted by atomic mass is 10.3. The van der Waals surface area contributed by atoms with Crippen LogP contribution >= 0.6 is 8.53 Å². The summed E-state index contributed by atoms with van der Waals surface area (Å²) in [5, 5.41) is 0. The van der Waals surface area contributed by atoms with Crippen molar-refractivity contribution >= 4 is 14.2 Å². The second-order valence-electron chi connectivity index (χ2n) is 4.06. The molecule has 1 aliphatic heterocycles. The highest BCUT2D eigenvalue weighted by Gasteiger charge is 2.33. The van der Waals surface area contributed by atoms with Gasteiger partial charge in [-0.15, -0.1) is 0 Å². The van der Waals surface area contributed by atoms with Crippen LogP contribution in [0, 0.1) is 0 Å². The van der Waals surface area contributed by atoms with Crippen LogP contribution in [-0.4, -0.2) is 31.3 Å². The number of nitrogens with zero attached hydrogens (tertiary/aromatic N) is 2. The van der Waals surface area contributed by atoms with E-state index in [9.17, 15) is 0 Å². The van der Waals surface area contributed by atoms with Gasteiger partial charge in [-0.25, -0.2) is 0 Å². The highest BCUT2D eigenvalue weighted by atomic mass is 31.2. The zero-order valence-corrected chi connectivity index (χ0v) is 12.2. The largest absolute Gasteiger partial charge is 0.429 e. The number of para-hydroxylation sites is 2. The van der Waals surface area contributed by atoms with Gasteiger partial charge in [0.1, 0.15) is 0 Å². The van der Waals surface area contributed by atoms with Gasteiger partial charge < -0.3 is 9.05 Å². The Labute approximate surface area is 110 Å². The minimum atomic E-state index is -0.988. The van der Waals surface area contributed by atoms with E-state index in [1.807, 2.05) is 25.1 Å². The first kappa shape index (κ1) is 13.6. The van der Waals surface area contributed by atoms with Crippen molar-refractivity contribution in [3.05, 3.63) is 24.3 Å². The summed E-state index contributed by atoms with van der Waals surface area (Å²) < 4.78 is 13.9. The molecule has 0 amide bonds. The van der Waals surface area contributed by atoms with E-state index < -0.39 is 8.53 Å². The van der Waals surface area contributed by atoms with E-state index in [1.54, 1.807) is 0 Å². The lowest BCUT2D eigenvalue weighted by Crippen LogP contribution is -2.34. The summed E-state index contributed by atoms with van der Waals surface area (Å²) in [6.07, 6.45) is 0. The fourth-order valence-corrected chi connectivity index (χ4v) is 3.37. The van der Waals surface area contributed by atoms with Crippen molar-refractivity contribution in [1.29, 1.82) is 0 Å². The van der Waals surface area contributed by atoms with Crippen molar-refractivity contribution in [1.82, 2.24) is 4.90 Å². The number of anilines is 1. The summed E-state index contributed by atoms with van der Waals surface area (Å²) in [5.74, 6) is 0.934. The first-order valence-corrected chi connectivity index (χ1v) is 7.63. The molecule has 0 saturated carbocycles. The molecular formula is C13H21N2O2P. The summed E-state index contributed by atoms with van der Waals surface area (Å²) in [7, 11) is -0.988. The number of hydrogen-bond donors (Lipinski definition) is 0. The van der Waals surface area contributed by atoms with E-state index in [0.29, 0.717) is 6.61 Å². The van der Waals surface area contributed by atoms with Crippen LogP contribution < -0.4 is 9.19 Å². The molecule has 4 nitrogen and oxygen atoms in total. The zero-order chi connectivity index (χ0) is 13.0. The Kier molecular flexibility index (Phi) is 4.81. The Hall–Kier alpha value is -0.830. The van der Waals surface area contributed by atoms with Crippen molar-refractivity contribution in [3.8, 4) is 5.75 Å². The third-order valence-electron chi connectivity index (χ3n) is 2.98. The molecule has 100 valence electrons. The average molecular weight is 268 g/mol. The van der Waals surface area contributed by atoms with Crippen LogP contribution in [-0.2, 0) is 4.52 Å². The third-order valence-corrected chi connectivity index (χ3v) is 4.55. The molecular weight excluding hydrogens is 247 g/mol. The molecule has 1 aromatic carbocycles. The van der Waals surface area contributed by atoms with Gasteiger partial charge in [0.05, 0.1) is 19.0 Å². The van der Waals surface area contributed by atoms with E-state index in [4.69, 9.17) is 9.05 Å². The average Bonchev–Trinajstić information content (AvgIpc) is 2.74. The summed E-state index contributed by atoms with van der Waals surface area (Å²) >= 11 is 0. The standard InChI is InChI=1S/C13H21N2O2P/c1-4-14(5-2)11-15-12-9-7-8-10-13(12)17-18(15)16-6-3/h7-10H,4-6,11H2,1-3H3. The van der Waals surface area contributed by atoms with Crippen LogP contribution in [0.5, 0.6) is 5.75 Å². The first-order valence-electron chi connectivity index (χ1n) is 6.50.